The molecule has 0 saturated carbocycles. The predicted octanol–water partition coefficient (Wildman–Crippen LogP) is 1.38. The van der Waals surface area contributed by atoms with Gasteiger partial charge in [0, 0.05) is 13.3 Å². The number of rotatable bonds is 5. The molecule has 0 spiro atoms. The summed E-state index contributed by atoms with van der Waals surface area (Å²) in [5.74, 6) is 0. The number of nitrogens with one attached hydrogen (secondary N) is 1. The number of nitrogens with zero attached hydrogens (tertiary/aromatic N) is 1. The minimum Gasteiger partial charge on any atom is -0.375 e. The summed E-state index contributed by atoms with van der Waals surface area (Å²) in [7, 11) is 3.65. The molecule has 0 aliphatic carbocycles. The molecule has 13 heavy (non-hydrogen) atoms. The van der Waals surface area contributed by atoms with E-state index in [0.717, 1.165) is 18.7 Å². The van der Waals surface area contributed by atoms with Gasteiger partial charge in [-0.3, -0.25) is 4.98 Å². The minimum atomic E-state index is 0.105. The van der Waals surface area contributed by atoms with Crippen LogP contribution in [0.5, 0.6) is 0 Å². The van der Waals surface area contributed by atoms with Crippen LogP contribution in [0.2, 0.25) is 0 Å². The first-order chi connectivity index (χ1) is 6.38. The van der Waals surface area contributed by atoms with Crippen molar-refractivity contribution in [2.45, 2.75) is 12.5 Å². The smallest absolute Gasteiger partial charge is 0.100 e. The van der Waals surface area contributed by atoms with E-state index in [4.69, 9.17) is 4.74 Å². The molecule has 1 atom stereocenters. The molecule has 0 fully saturated rings. The Morgan fingerprint density at radius 1 is 1.54 bits per heavy atom. The summed E-state index contributed by atoms with van der Waals surface area (Å²) < 4.78 is 5.34. The molecule has 1 N–H and O–H groups in total. The van der Waals surface area contributed by atoms with Crippen molar-refractivity contribution in [1.29, 1.82) is 0 Å². The van der Waals surface area contributed by atoms with Crippen LogP contribution in [-0.2, 0) is 4.74 Å². The van der Waals surface area contributed by atoms with Crippen LogP contribution < -0.4 is 5.32 Å². The molecular weight excluding hydrogens is 164 g/mol. The molecule has 3 nitrogen and oxygen atoms in total. The van der Waals surface area contributed by atoms with Crippen molar-refractivity contribution in [2.75, 3.05) is 20.7 Å². The van der Waals surface area contributed by atoms with Gasteiger partial charge < -0.3 is 10.1 Å². The second-order valence-electron chi connectivity index (χ2n) is 2.87. The number of pyridine rings is 1. The predicted molar refractivity (Wildman–Crippen MR) is 52.5 cm³/mol. The van der Waals surface area contributed by atoms with E-state index in [2.05, 4.69) is 10.3 Å². The maximum atomic E-state index is 5.34. The van der Waals surface area contributed by atoms with Gasteiger partial charge in [0.05, 0.1) is 5.69 Å². The third kappa shape index (κ3) is 3.13. The first kappa shape index (κ1) is 10.2. The van der Waals surface area contributed by atoms with E-state index >= 15 is 0 Å². The van der Waals surface area contributed by atoms with Gasteiger partial charge >= 0.3 is 0 Å². The Labute approximate surface area is 79.1 Å². The van der Waals surface area contributed by atoms with Gasteiger partial charge in [0.1, 0.15) is 6.10 Å². The average Bonchev–Trinajstić information content (AvgIpc) is 2.21. The molecule has 72 valence electrons. The van der Waals surface area contributed by atoms with E-state index in [-0.39, 0.29) is 6.10 Å². The van der Waals surface area contributed by atoms with Gasteiger partial charge in [-0.25, -0.2) is 0 Å². The second kappa shape index (κ2) is 5.67. The summed E-state index contributed by atoms with van der Waals surface area (Å²) in [4.78, 5) is 4.25. The van der Waals surface area contributed by atoms with Gasteiger partial charge in [0.2, 0.25) is 0 Å². The van der Waals surface area contributed by atoms with Crippen molar-refractivity contribution >= 4 is 0 Å². The lowest BCUT2D eigenvalue weighted by atomic mass is 10.1. The molecular formula is C10H16N2O. The summed E-state index contributed by atoms with van der Waals surface area (Å²) in [5, 5.41) is 3.09. The lowest BCUT2D eigenvalue weighted by Gasteiger charge is -2.13. The zero-order valence-corrected chi connectivity index (χ0v) is 8.16. The summed E-state index contributed by atoms with van der Waals surface area (Å²) in [6.07, 6.45) is 2.85. The van der Waals surface area contributed by atoms with Crippen LogP contribution in [-0.4, -0.2) is 25.7 Å². The first-order valence-electron chi connectivity index (χ1n) is 4.46. The van der Waals surface area contributed by atoms with Crippen LogP contribution in [0, 0.1) is 0 Å². The Hall–Kier alpha value is -0.930. The standard InChI is InChI=1S/C10H16N2O/c1-11-8-6-10(13-2)9-5-3-4-7-12-9/h3-5,7,10-11H,6,8H2,1-2H3. The van der Waals surface area contributed by atoms with Crippen LogP contribution in [0.1, 0.15) is 18.2 Å². The van der Waals surface area contributed by atoms with Crippen LogP contribution in [0.4, 0.5) is 0 Å². The van der Waals surface area contributed by atoms with Crippen LogP contribution in [0.15, 0.2) is 24.4 Å². The maximum Gasteiger partial charge on any atom is 0.100 e. The largest absolute Gasteiger partial charge is 0.375 e. The molecule has 0 aromatic carbocycles. The molecule has 1 heterocycles. The van der Waals surface area contributed by atoms with E-state index in [0.29, 0.717) is 0 Å². The monoisotopic (exact) mass is 180 g/mol. The fourth-order valence-corrected chi connectivity index (χ4v) is 1.23. The second-order valence-corrected chi connectivity index (χ2v) is 2.87. The van der Waals surface area contributed by atoms with Crippen LogP contribution in [0.25, 0.3) is 0 Å². The van der Waals surface area contributed by atoms with Gasteiger partial charge in [-0.2, -0.15) is 0 Å². The zero-order valence-electron chi connectivity index (χ0n) is 8.16. The summed E-state index contributed by atoms with van der Waals surface area (Å²) >= 11 is 0. The minimum absolute atomic E-state index is 0.105. The number of hydrogen-bond donors (Lipinski definition) is 1. The number of methoxy groups -OCH3 is 1. The maximum absolute atomic E-state index is 5.34. The van der Waals surface area contributed by atoms with Crippen molar-refractivity contribution < 1.29 is 4.74 Å². The molecule has 0 aliphatic rings. The van der Waals surface area contributed by atoms with Crippen molar-refractivity contribution in [2.24, 2.45) is 0 Å². The normalized spacial score (nSPS) is 12.8. The lowest BCUT2D eigenvalue weighted by molar-refractivity contribution is 0.0926. The summed E-state index contributed by atoms with van der Waals surface area (Å²) in [5.41, 5.74) is 1.00. The summed E-state index contributed by atoms with van der Waals surface area (Å²) in [6, 6.07) is 5.88. The molecule has 0 radical (unpaired) electrons. The molecule has 1 unspecified atom stereocenters. The lowest BCUT2D eigenvalue weighted by Crippen LogP contribution is -2.14. The van der Waals surface area contributed by atoms with Gasteiger partial charge in [-0.05, 0) is 32.1 Å². The molecule has 0 saturated heterocycles. The number of aromatic nitrogens is 1. The van der Waals surface area contributed by atoms with E-state index in [1.54, 1.807) is 13.3 Å². The Bertz CT molecular complexity index is 226. The highest BCUT2D eigenvalue weighted by molar-refractivity contribution is 5.06. The van der Waals surface area contributed by atoms with Crippen molar-refractivity contribution in [1.82, 2.24) is 10.3 Å². The Morgan fingerprint density at radius 3 is 2.92 bits per heavy atom. The average molecular weight is 180 g/mol. The fraction of sp³-hybridized carbons (Fsp3) is 0.500. The number of hydrogen-bond acceptors (Lipinski definition) is 3. The topological polar surface area (TPSA) is 34.1 Å². The third-order valence-corrected chi connectivity index (χ3v) is 1.96. The Kier molecular flexibility index (Phi) is 4.43. The molecule has 0 amide bonds. The van der Waals surface area contributed by atoms with Crippen molar-refractivity contribution in [3.8, 4) is 0 Å². The highest BCUT2D eigenvalue weighted by Gasteiger charge is 2.09. The van der Waals surface area contributed by atoms with Crippen molar-refractivity contribution in [3.05, 3.63) is 30.1 Å². The first-order valence-corrected chi connectivity index (χ1v) is 4.46. The van der Waals surface area contributed by atoms with Gasteiger partial charge in [-0.1, -0.05) is 6.07 Å². The summed E-state index contributed by atoms with van der Waals surface area (Å²) in [6.45, 7) is 0.940. The van der Waals surface area contributed by atoms with Crippen LogP contribution >= 0.6 is 0 Å². The van der Waals surface area contributed by atoms with E-state index < -0.39 is 0 Å². The highest BCUT2D eigenvalue weighted by atomic mass is 16.5. The van der Waals surface area contributed by atoms with E-state index in [9.17, 15) is 0 Å². The molecule has 0 bridgehead atoms. The van der Waals surface area contributed by atoms with Gasteiger partial charge in [-0.15, -0.1) is 0 Å². The van der Waals surface area contributed by atoms with Gasteiger partial charge in [0.25, 0.3) is 0 Å². The number of ether oxygens (including phenoxy) is 1. The Morgan fingerprint density at radius 2 is 2.38 bits per heavy atom. The third-order valence-electron chi connectivity index (χ3n) is 1.96. The zero-order chi connectivity index (χ0) is 9.52. The molecule has 0 aliphatic heterocycles. The SMILES string of the molecule is CNCCC(OC)c1ccccn1. The van der Waals surface area contributed by atoms with E-state index in [1.165, 1.54) is 0 Å². The molecule has 3 heteroatoms. The molecule has 1 aromatic heterocycles. The van der Waals surface area contributed by atoms with E-state index in [1.807, 2.05) is 25.2 Å². The highest BCUT2D eigenvalue weighted by Crippen LogP contribution is 2.16. The van der Waals surface area contributed by atoms with Crippen LogP contribution in [0.3, 0.4) is 0 Å². The van der Waals surface area contributed by atoms with Crippen molar-refractivity contribution in [3.63, 3.8) is 0 Å². The Balaban J connectivity index is 2.56. The fourth-order valence-electron chi connectivity index (χ4n) is 1.23. The quantitative estimate of drug-likeness (QED) is 0.743. The molecule has 1 aromatic rings. The van der Waals surface area contributed by atoms with Gasteiger partial charge in [0.15, 0.2) is 0 Å². The molecule has 1 rings (SSSR count).